The average Bonchev–Trinajstić information content (AvgIpc) is 3.22. The normalized spacial score (nSPS) is 16.6. The molecule has 1 aromatic carbocycles. The Kier molecular flexibility index (Phi) is 4.21. The van der Waals surface area contributed by atoms with Crippen LogP contribution in [0.25, 0.3) is 11.3 Å². The maximum absolute atomic E-state index is 12.6. The first-order chi connectivity index (χ1) is 11.7. The predicted octanol–water partition coefficient (Wildman–Crippen LogP) is 5.25. The van der Waals surface area contributed by atoms with Crippen molar-refractivity contribution < 1.29 is 4.79 Å². The van der Waals surface area contributed by atoms with Gasteiger partial charge in [0, 0.05) is 21.2 Å². The molecule has 0 radical (unpaired) electrons. The van der Waals surface area contributed by atoms with Crippen molar-refractivity contribution in [2.75, 3.05) is 5.32 Å². The topological polar surface area (TPSA) is 42.0 Å². The fourth-order valence-corrected chi connectivity index (χ4v) is 5.06. The van der Waals surface area contributed by atoms with Gasteiger partial charge in [-0.3, -0.25) is 10.1 Å². The minimum atomic E-state index is -0.0315. The summed E-state index contributed by atoms with van der Waals surface area (Å²) in [6.45, 7) is 2.28. The van der Waals surface area contributed by atoms with Crippen LogP contribution < -0.4 is 5.32 Å². The molecule has 3 aromatic rings. The Morgan fingerprint density at radius 1 is 1.21 bits per heavy atom. The van der Waals surface area contributed by atoms with Gasteiger partial charge in [-0.25, -0.2) is 4.98 Å². The van der Waals surface area contributed by atoms with Gasteiger partial charge < -0.3 is 0 Å². The van der Waals surface area contributed by atoms with Crippen LogP contribution in [0.4, 0.5) is 5.13 Å². The van der Waals surface area contributed by atoms with Gasteiger partial charge in [0.15, 0.2) is 5.13 Å². The monoisotopic (exact) mass is 354 g/mol. The quantitative estimate of drug-likeness (QED) is 0.698. The van der Waals surface area contributed by atoms with E-state index in [1.807, 2.05) is 41.1 Å². The lowest BCUT2D eigenvalue weighted by atomic mass is 9.88. The summed E-state index contributed by atoms with van der Waals surface area (Å²) in [6, 6.07) is 10.0. The van der Waals surface area contributed by atoms with E-state index < -0.39 is 0 Å². The van der Waals surface area contributed by atoms with Gasteiger partial charge in [-0.15, -0.1) is 22.7 Å². The van der Waals surface area contributed by atoms with E-state index in [-0.39, 0.29) is 5.91 Å². The van der Waals surface area contributed by atoms with Gasteiger partial charge in [-0.05, 0) is 30.7 Å². The zero-order valence-corrected chi connectivity index (χ0v) is 15.0. The molecule has 0 unspecified atom stereocenters. The molecular weight excluding hydrogens is 336 g/mol. The molecule has 2 heterocycles. The molecule has 1 aliphatic carbocycles. The summed E-state index contributed by atoms with van der Waals surface area (Å²) in [6.07, 6.45) is 3.28. The van der Waals surface area contributed by atoms with E-state index in [1.54, 1.807) is 11.3 Å². The van der Waals surface area contributed by atoms with Gasteiger partial charge in [-0.1, -0.05) is 37.3 Å². The van der Waals surface area contributed by atoms with Crippen LogP contribution in [-0.4, -0.2) is 10.9 Å². The molecule has 0 saturated carbocycles. The van der Waals surface area contributed by atoms with Crippen molar-refractivity contribution in [2.24, 2.45) is 5.92 Å². The maximum Gasteiger partial charge on any atom is 0.258 e. The molecule has 3 nitrogen and oxygen atoms in total. The van der Waals surface area contributed by atoms with Gasteiger partial charge in [-0.2, -0.15) is 0 Å². The molecule has 0 aliphatic heterocycles. The van der Waals surface area contributed by atoms with Crippen LogP contribution in [0.2, 0.25) is 0 Å². The van der Waals surface area contributed by atoms with Crippen molar-refractivity contribution in [2.45, 2.75) is 26.2 Å². The Morgan fingerprint density at radius 3 is 2.88 bits per heavy atom. The van der Waals surface area contributed by atoms with Gasteiger partial charge >= 0.3 is 0 Å². The van der Waals surface area contributed by atoms with E-state index in [4.69, 9.17) is 0 Å². The van der Waals surface area contributed by atoms with Crippen molar-refractivity contribution in [1.29, 1.82) is 0 Å². The number of nitrogens with zero attached hydrogens (tertiary/aromatic N) is 1. The van der Waals surface area contributed by atoms with Crippen LogP contribution in [0.15, 0.2) is 41.1 Å². The number of benzene rings is 1. The first-order valence-electron chi connectivity index (χ1n) is 8.12. The van der Waals surface area contributed by atoms with Crippen LogP contribution in [-0.2, 0) is 12.8 Å². The van der Waals surface area contributed by atoms with Crippen LogP contribution in [0.1, 0.15) is 34.1 Å². The number of rotatable bonds is 3. The molecular formula is C19H18N2OS2. The fourth-order valence-electron chi connectivity index (χ4n) is 3.10. The molecule has 4 rings (SSSR count). The lowest BCUT2D eigenvalue weighted by Gasteiger charge is -2.18. The molecule has 0 fully saturated rings. The Balaban J connectivity index is 1.52. The zero-order chi connectivity index (χ0) is 16.5. The number of amides is 1. The van der Waals surface area contributed by atoms with E-state index in [0.717, 1.165) is 35.6 Å². The molecule has 0 bridgehead atoms. The van der Waals surface area contributed by atoms with Crippen LogP contribution >= 0.6 is 22.7 Å². The number of aromatic nitrogens is 1. The van der Waals surface area contributed by atoms with Crippen LogP contribution in [0.5, 0.6) is 0 Å². The SMILES string of the molecule is C[C@@H]1CCc2c(C(=O)Nc3nc(-c4ccccc4)cs3)csc2C1. The van der Waals surface area contributed by atoms with E-state index in [9.17, 15) is 4.79 Å². The number of anilines is 1. The summed E-state index contributed by atoms with van der Waals surface area (Å²) in [5.74, 6) is 0.690. The van der Waals surface area contributed by atoms with Crippen molar-refractivity contribution in [3.8, 4) is 11.3 Å². The van der Waals surface area contributed by atoms with Crippen molar-refractivity contribution >= 4 is 33.7 Å². The molecule has 2 aromatic heterocycles. The Bertz CT molecular complexity index is 867. The van der Waals surface area contributed by atoms with Crippen LogP contribution in [0, 0.1) is 5.92 Å². The third-order valence-corrected chi connectivity index (χ3v) is 6.25. The lowest BCUT2D eigenvalue weighted by Crippen LogP contribution is -2.16. The molecule has 1 N–H and O–H groups in total. The number of hydrogen-bond donors (Lipinski definition) is 1. The number of carbonyl (C=O) groups is 1. The molecule has 122 valence electrons. The van der Waals surface area contributed by atoms with Gasteiger partial charge in [0.2, 0.25) is 0 Å². The summed E-state index contributed by atoms with van der Waals surface area (Å²) in [5.41, 5.74) is 4.04. The first-order valence-corrected chi connectivity index (χ1v) is 9.88. The number of carbonyl (C=O) groups excluding carboxylic acids is 1. The molecule has 1 atom stereocenters. The highest BCUT2D eigenvalue weighted by Gasteiger charge is 2.23. The summed E-state index contributed by atoms with van der Waals surface area (Å²) in [4.78, 5) is 18.6. The summed E-state index contributed by atoms with van der Waals surface area (Å²) < 4.78 is 0. The first kappa shape index (κ1) is 15.5. The van der Waals surface area contributed by atoms with Crippen molar-refractivity contribution in [1.82, 2.24) is 4.98 Å². The van der Waals surface area contributed by atoms with Crippen molar-refractivity contribution in [3.05, 3.63) is 57.1 Å². The standard InChI is InChI=1S/C19H18N2OS2/c1-12-7-8-14-15(10-23-17(14)9-12)18(22)21-19-20-16(11-24-19)13-5-3-2-4-6-13/h2-6,10-12H,7-9H2,1H3,(H,20,21,22)/t12-/m1/s1. The summed E-state index contributed by atoms with van der Waals surface area (Å²) in [5, 5.41) is 7.61. The maximum atomic E-state index is 12.6. The molecule has 24 heavy (non-hydrogen) atoms. The molecule has 0 saturated heterocycles. The number of thiazole rings is 1. The minimum Gasteiger partial charge on any atom is -0.298 e. The van der Waals surface area contributed by atoms with E-state index in [2.05, 4.69) is 17.2 Å². The highest BCUT2D eigenvalue weighted by molar-refractivity contribution is 7.14. The minimum absolute atomic E-state index is 0.0315. The number of hydrogen-bond acceptors (Lipinski definition) is 4. The Labute approximate surface area is 149 Å². The predicted molar refractivity (Wildman–Crippen MR) is 101 cm³/mol. The van der Waals surface area contributed by atoms with Crippen LogP contribution in [0.3, 0.4) is 0 Å². The molecule has 1 amide bonds. The second-order valence-corrected chi connectivity index (χ2v) is 8.08. The lowest BCUT2D eigenvalue weighted by molar-refractivity contribution is 0.102. The Morgan fingerprint density at radius 2 is 2.04 bits per heavy atom. The van der Waals surface area contributed by atoms with E-state index in [1.165, 1.54) is 28.2 Å². The largest absolute Gasteiger partial charge is 0.298 e. The van der Waals surface area contributed by atoms with Gasteiger partial charge in [0.1, 0.15) is 0 Å². The van der Waals surface area contributed by atoms with Gasteiger partial charge in [0.05, 0.1) is 11.3 Å². The van der Waals surface area contributed by atoms with Crippen molar-refractivity contribution in [3.63, 3.8) is 0 Å². The molecule has 5 heteroatoms. The van der Waals surface area contributed by atoms with Gasteiger partial charge in [0.25, 0.3) is 5.91 Å². The number of nitrogens with one attached hydrogen (secondary N) is 1. The summed E-state index contributed by atoms with van der Waals surface area (Å²) >= 11 is 3.19. The smallest absolute Gasteiger partial charge is 0.258 e. The third kappa shape index (κ3) is 3.01. The zero-order valence-electron chi connectivity index (χ0n) is 13.4. The highest BCUT2D eigenvalue weighted by atomic mass is 32.1. The average molecular weight is 355 g/mol. The number of thiophene rings is 1. The fraction of sp³-hybridized carbons (Fsp3) is 0.263. The summed E-state index contributed by atoms with van der Waals surface area (Å²) in [7, 11) is 0. The highest BCUT2D eigenvalue weighted by Crippen LogP contribution is 2.33. The second-order valence-electron chi connectivity index (χ2n) is 6.26. The Hall–Kier alpha value is -1.98. The molecule has 0 spiro atoms. The second kappa shape index (κ2) is 6.49. The number of fused-ring (bicyclic) bond motifs is 1. The van der Waals surface area contributed by atoms with E-state index >= 15 is 0 Å². The molecule has 1 aliphatic rings. The van der Waals surface area contributed by atoms with E-state index in [0.29, 0.717) is 5.13 Å². The third-order valence-electron chi connectivity index (χ3n) is 4.44.